The molecular weight excluding hydrogens is 220 g/mol. The van der Waals surface area contributed by atoms with Gasteiger partial charge in [-0.3, -0.25) is 10.1 Å². The van der Waals surface area contributed by atoms with Gasteiger partial charge in [-0.25, -0.2) is 0 Å². The van der Waals surface area contributed by atoms with Crippen LogP contribution < -0.4 is 4.90 Å². The topological polar surface area (TPSA) is 66.6 Å². The van der Waals surface area contributed by atoms with Gasteiger partial charge in [-0.15, -0.1) is 0 Å². The van der Waals surface area contributed by atoms with Crippen LogP contribution in [0, 0.1) is 16.0 Å². The monoisotopic (exact) mass is 236 g/mol. The summed E-state index contributed by atoms with van der Waals surface area (Å²) in [4.78, 5) is 12.5. The molecule has 1 aromatic rings. The molecule has 5 nitrogen and oxygen atoms in total. The largest absolute Gasteiger partial charge is 0.396 e. The Morgan fingerprint density at radius 3 is 2.71 bits per heavy atom. The molecule has 1 aromatic carbocycles. The fourth-order valence-corrected chi connectivity index (χ4v) is 2.18. The van der Waals surface area contributed by atoms with E-state index >= 15 is 0 Å². The summed E-state index contributed by atoms with van der Waals surface area (Å²) < 4.78 is 0. The molecule has 0 atom stereocenters. The number of anilines is 1. The van der Waals surface area contributed by atoms with Gasteiger partial charge in [0.2, 0.25) is 0 Å². The molecular formula is C12H16N2O3. The first-order valence-electron chi connectivity index (χ1n) is 5.81. The first-order chi connectivity index (χ1) is 8.20. The van der Waals surface area contributed by atoms with Crippen molar-refractivity contribution in [2.24, 2.45) is 5.92 Å². The highest BCUT2D eigenvalue weighted by Crippen LogP contribution is 2.25. The molecule has 1 heterocycles. The summed E-state index contributed by atoms with van der Waals surface area (Å²) in [6.07, 6.45) is 1.89. The molecule has 92 valence electrons. The van der Waals surface area contributed by atoms with E-state index < -0.39 is 0 Å². The third-order valence-corrected chi connectivity index (χ3v) is 3.28. The van der Waals surface area contributed by atoms with E-state index in [1.807, 2.05) is 6.07 Å². The average molecular weight is 236 g/mol. The molecule has 17 heavy (non-hydrogen) atoms. The summed E-state index contributed by atoms with van der Waals surface area (Å²) >= 11 is 0. The zero-order valence-electron chi connectivity index (χ0n) is 9.58. The number of rotatable bonds is 3. The number of hydrogen-bond acceptors (Lipinski definition) is 4. The van der Waals surface area contributed by atoms with Crippen LogP contribution in [0.4, 0.5) is 11.4 Å². The number of nitro groups is 1. The highest BCUT2D eigenvalue weighted by molar-refractivity contribution is 5.53. The Balaban J connectivity index is 2.08. The molecule has 0 spiro atoms. The predicted octanol–water partition coefficient (Wildman–Crippen LogP) is 1.80. The fraction of sp³-hybridized carbons (Fsp3) is 0.500. The molecule has 0 amide bonds. The van der Waals surface area contributed by atoms with Crippen molar-refractivity contribution in [1.82, 2.24) is 0 Å². The smallest absolute Gasteiger partial charge is 0.271 e. The summed E-state index contributed by atoms with van der Waals surface area (Å²) in [6.45, 7) is 1.95. The highest BCUT2D eigenvalue weighted by Gasteiger charge is 2.19. The minimum Gasteiger partial charge on any atom is -0.396 e. The van der Waals surface area contributed by atoms with E-state index in [0.29, 0.717) is 5.92 Å². The molecule has 1 aliphatic rings. The van der Waals surface area contributed by atoms with Gasteiger partial charge in [-0.1, -0.05) is 6.07 Å². The number of non-ortho nitro benzene ring substituents is 1. The molecule has 0 radical (unpaired) electrons. The van der Waals surface area contributed by atoms with Crippen molar-refractivity contribution in [2.75, 3.05) is 24.6 Å². The molecule has 0 aliphatic carbocycles. The van der Waals surface area contributed by atoms with Crippen LogP contribution in [-0.2, 0) is 0 Å². The standard InChI is InChI=1S/C12H16N2O3/c15-9-10-4-6-13(7-5-10)11-2-1-3-12(8-11)14(16)17/h1-3,8,10,15H,4-7,9H2. The zero-order valence-corrected chi connectivity index (χ0v) is 9.58. The third-order valence-electron chi connectivity index (χ3n) is 3.28. The summed E-state index contributed by atoms with van der Waals surface area (Å²) in [5.74, 6) is 0.380. The van der Waals surface area contributed by atoms with Crippen LogP contribution >= 0.6 is 0 Å². The Bertz CT molecular complexity index is 400. The van der Waals surface area contributed by atoms with Gasteiger partial charge in [0.05, 0.1) is 4.92 Å². The molecule has 0 aromatic heterocycles. The lowest BCUT2D eigenvalue weighted by atomic mass is 9.97. The van der Waals surface area contributed by atoms with Crippen LogP contribution in [0.5, 0.6) is 0 Å². The SMILES string of the molecule is O=[N+]([O-])c1cccc(N2CCC(CO)CC2)c1. The van der Waals surface area contributed by atoms with Crippen LogP contribution in [0.15, 0.2) is 24.3 Å². The van der Waals surface area contributed by atoms with E-state index in [1.165, 1.54) is 6.07 Å². The van der Waals surface area contributed by atoms with Crippen molar-refractivity contribution in [1.29, 1.82) is 0 Å². The summed E-state index contributed by atoms with van der Waals surface area (Å²) in [6, 6.07) is 6.72. The average Bonchev–Trinajstić information content (AvgIpc) is 2.39. The number of piperidine rings is 1. The molecule has 1 N–H and O–H groups in total. The molecule has 0 saturated carbocycles. The van der Waals surface area contributed by atoms with Crippen LogP contribution in [0.25, 0.3) is 0 Å². The number of nitro benzene ring substituents is 1. The maximum Gasteiger partial charge on any atom is 0.271 e. The minimum absolute atomic E-state index is 0.131. The second-order valence-electron chi connectivity index (χ2n) is 4.39. The number of aliphatic hydroxyl groups is 1. The van der Waals surface area contributed by atoms with Crippen molar-refractivity contribution in [2.45, 2.75) is 12.8 Å². The van der Waals surface area contributed by atoms with Crippen LogP contribution in [0.1, 0.15) is 12.8 Å². The van der Waals surface area contributed by atoms with Crippen molar-refractivity contribution in [3.05, 3.63) is 34.4 Å². The van der Waals surface area contributed by atoms with Crippen LogP contribution in [-0.4, -0.2) is 29.7 Å². The third kappa shape index (κ3) is 2.74. The number of nitrogens with zero attached hydrogens (tertiary/aromatic N) is 2. The predicted molar refractivity (Wildman–Crippen MR) is 65.1 cm³/mol. The molecule has 0 unspecified atom stereocenters. The molecule has 0 bridgehead atoms. The van der Waals surface area contributed by atoms with E-state index in [-0.39, 0.29) is 17.2 Å². The zero-order chi connectivity index (χ0) is 12.3. The second kappa shape index (κ2) is 5.14. The van der Waals surface area contributed by atoms with E-state index in [1.54, 1.807) is 12.1 Å². The minimum atomic E-state index is -0.371. The van der Waals surface area contributed by atoms with E-state index in [2.05, 4.69) is 4.90 Å². The Hall–Kier alpha value is -1.62. The maximum atomic E-state index is 10.7. The van der Waals surface area contributed by atoms with Crippen LogP contribution in [0.2, 0.25) is 0 Å². The molecule has 1 saturated heterocycles. The Morgan fingerprint density at radius 2 is 2.12 bits per heavy atom. The van der Waals surface area contributed by atoms with Gasteiger partial charge >= 0.3 is 0 Å². The second-order valence-corrected chi connectivity index (χ2v) is 4.39. The Labute approximate surface area is 99.8 Å². The lowest BCUT2D eigenvalue weighted by Crippen LogP contribution is -2.34. The maximum absolute atomic E-state index is 10.7. The van der Waals surface area contributed by atoms with Gasteiger partial charge in [-0.2, -0.15) is 0 Å². The van der Waals surface area contributed by atoms with Crippen molar-refractivity contribution in [3.63, 3.8) is 0 Å². The molecule has 1 aliphatic heterocycles. The lowest BCUT2D eigenvalue weighted by molar-refractivity contribution is -0.384. The fourth-order valence-electron chi connectivity index (χ4n) is 2.18. The van der Waals surface area contributed by atoms with E-state index in [0.717, 1.165) is 31.6 Å². The van der Waals surface area contributed by atoms with E-state index in [4.69, 9.17) is 5.11 Å². The van der Waals surface area contributed by atoms with Gasteiger partial charge < -0.3 is 10.0 Å². The van der Waals surface area contributed by atoms with Gasteiger partial charge in [0.25, 0.3) is 5.69 Å². The van der Waals surface area contributed by atoms with Gasteiger partial charge in [0.1, 0.15) is 0 Å². The highest BCUT2D eigenvalue weighted by atomic mass is 16.6. The van der Waals surface area contributed by atoms with E-state index in [9.17, 15) is 10.1 Å². The molecule has 5 heteroatoms. The van der Waals surface area contributed by atoms with Crippen molar-refractivity contribution >= 4 is 11.4 Å². The summed E-state index contributed by atoms with van der Waals surface area (Å²) in [7, 11) is 0. The first kappa shape index (κ1) is 11.9. The Kier molecular flexibility index (Phi) is 3.58. The van der Waals surface area contributed by atoms with Gasteiger partial charge in [0, 0.05) is 37.5 Å². The number of benzene rings is 1. The summed E-state index contributed by atoms with van der Waals surface area (Å²) in [5.41, 5.74) is 1.03. The quantitative estimate of drug-likeness (QED) is 0.642. The Morgan fingerprint density at radius 1 is 1.41 bits per heavy atom. The number of hydrogen-bond donors (Lipinski definition) is 1. The van der Waals surface area contributed by atoms with Crippen molar-refractivity contribution < 1.29 is 10.0 Å². The lowest BCUT2D eigenvalue weighted by Gasteiger charge is -2.32. The van der Waals surface area contributed by atoms with Crippen LogP contribution in [0.3, 0.4) is 0 Å². The first-order valence-corrected chi connectivity index (χ1v) is 5.81. The van der Waals surface area contributed by atoms with Gasteiger partial charge in [0.15, 0.2) is 0 Å². The van der Waals surface area contributed by atoms with Crippen molar-refractivity contribution in [3.8, 4) is 0 Å². The number of aliphatic hydroxyl groups excluding tert-OH is 1. The normalized spacial score (nSPS) is 17.1. The van der Waals surface area contributed by atoms with Gasteiger partial charge in [-0.05, 0) is 24.8 Å². The summed E-state index contributed by atoms with van der Waals surface area (Å²) in [5, 5.41) is 19.7. The molecule has 1 fully saturated rings. The molecule has 2 rings (SSSR count).